The first-order chi connectivity index (χ1) is 7.00. The van der Waals surface area contributed by atoms with Crippen LogP contribution in [-0.2, 0) is 0 Å². The van der Waals surface area contributed by atoms with Gasteiger partial charge in [-0.05, 0) is 19.8 Å². The van der Waals surface area contributed by atoms with Crippen LogP contribution in [0.1, 0.15) is 47.5 Å². The Morgan fingerprint density at radius 1 is 0.933 bits per heavy atom. The molecule has 0 saturated carbocycles. The SMILES string of the molecule is CC.CC.CC1=CC=C(C(F)(F)F)CC1. The molecule has 3 heteroatoms. The Kier molecular flexibility index (Phi) is 9.53. The summed E-state index contributed by atoms with van der Waals surface area (Å²) in [7, 11) is 0. The maximum atomic E-state index is 12.0. The predicted molar refractivity (Wildman–Crippen MR) is 59.8 cm³/mol. The lowest BCUT2D eigenvalue weighted by atomic mass is 9.99. The molecule has 1 aliphatic rings. The summed E-state index contributed by atoms with van der Waals surface area (Å²) in [6.07, 6.45) is -0.764. The summed E-state index contributed by atoms with van der Waals surface area (Å²) in [6, 6.07) is 0. The highest BCUT2D eigenvalue weighted by Gasteiger charge is 2.33. The van der Waals surface area contributed by atoms with Crippen molar-refractivity contribution in [1.82, 2.24) is 0 Å². The molecule has 0 nitrogen and oxygen atoms in total. The predicted octanol–water partition coefficient (Wildman–Crippen LogP) is 5.27. The second-order valence-corrected chi connectivity index (χ2v) is 2.70. The quantitative estimate of drug-likeness (QED) is 0.524. The lowest BCUT2D eigenvalue weighted by molar-refractivity contribution is -0.0941. The first kappa shape index (κ1) is 16.7. The molecule has 15 heavy (non-hydrogen) atoms. The monoisotopic (exact) mass is 222 g/mol. The van der Waals surface area contributed by atoms with E-state index >= 15 is 0 Å². The average Bonchev–Trinajstić information content (AvgIpc) is 2.23. The summed E-state index contributed by atoms with van der Waals surface area (Å²) >= 11 is 0. The van der Waals surface area contributed by atoms with E-state index in [9.17, 15) is 13.2 Å². The molecule has 0 spiro atoms. The third-order valence-electron chi connectivity index (χ3n) is 1.72. The van der Waals surface area contributed by atoms with Crippen molar-refractivity contribution in [1.29, 1.82) is 0 Å². The zero-order valence-electron chi connectivity index (χ0n) is 10.2. The molecule has 0 aliphatic heterocycles. The Hall–Kier alpha value is -0.730. The summed E-state index contributed by atoms with van der Waals surface area (Å²) < 4.78 is 35.9. The van der Waals surface area contributed by atoms with Crippen LogP contribution in [0.3, 0.4) is 0 Å². The van der Waals surface area contributed by atoms with Gasteiger partial charge in [0.1, 0.15) is 0 Å². The topological polar surface area (TPSA) is 0 Å². The van der Waals surface area contributed by atoms with Gasteiger partial charge in [0, 0.05) is 5.57 Å². The summed E-state index contributed by atoms with van der Waals surface area (Å²) in [6.45, 7) is 9.84. The van der Waals surface area contributed by atoms with E-state index in [-0.39, 0.29) is 6.42 Å². The van der Waals surface area contributed by atoms with Gasteiger partial charge in [-0.15, -0.1) is 0 Å². The van der Waals surface area contributed by atoms with Crippen LogP contribution in [0.15, 0.2) is 23.3 Å². The number of hydrogen-bond donors (Lipinski definition) is 0. The van der Waals surface area contributed by atoms with Gasteiger partial charge in [-0.2, -0.15) is 13.2 Å². The lowest BCUT2D eigenvalue weighted by Crippen LogP contribution is -2.13. The van der Waals surface area contributed by atoms with Gasteiger partial charge in [0.05, 0.1) is 0 Å². The van der Waals surface area contributed by atoms with Gasteiger partial charge < -0.3 is 0 Å². The minimum absolute atomic E-state index is 0.131. The standard InChI is InChI=1S/C8H9F3.2C2H6/c1-6-2-4-7(5-3-6)8(9,10)11;2*1-2/h2,4H,3,5H2,1H3;2*1-2H3. The van der Waals surface area contributed by atoms with Crippen molar-refractivity contribution < 1.29 is 13.2 Å². The first-order valence-electron chi connectivity index (χ1n) is 5.43. The van der Waals surface area contributed by atoms with Crippen molar-refractivity contribution in [2.75, 3.05) is 0 Å². The van der Waals surface area contributed by atoms with E-state index in [1.54, 1.807) is 0 Å². The molecule has 0 bridgehead atoms. The molecule has 0 unspecified atom stereocenters. The Morgan fingerprint density at radius 3 is 1.67 bits per heavy atom. The number of alkyl halides is 3. The Morgan fingerprint density at radius 2 is 1.40 bits per heavy atom. The van der Waals surface area contributed by atoms with Crippen LogP contribution in [0.2, 0.25) is 0 Å². The van der Waals surface area contributed by atoms with Gasteiger partial charge in [-0.3, -0.25) is 0 Å². The highest BCUT2D eigenvalue weighted by molar-refractivity contribution is 5.25. The maximum absolute atomic E-state index is 12.0. The number of halogens is 3. The van der Waals surface area contributed by atoms with E-state index < -0.39 is 11.7 Å². The zero-order chi connectivity index (χ0) is 12.5. The van der Waals surface area contributed by atoms with Gasteiger partial charge in [0.25, 0.3) is 0 Å². The molecule has 0 heterocycles. The molecule has 0 N–H and O–H groups in total. The van der Waals surface area contributed by atoms with E-state index in [0.29, 0.717) is 6.42 Å². The van der Waals surface area contributed by atoms with E-state index in [2.05, 4.69) is 0 Å². The van der Waals surface area contributed by atoms with Crippen LogP contribution in [0, 0.1) is 0 Å². The van der Waals surface area contributed by atoms with Gasteiger partial charge >= 0.3 is 6.18 Å². The minimum atomic E-state index is -4.13. The summed E-state index contributed by atoms with van der Waals surface area (Å²) in [5, 5.41) is 0. The van der Waals surface area contributed by atoms with Crippen molar-refractivity contribution in [2.24, 2.45) is 0 Å². The second-order valence-electron chi connectivity index (χ2n) is 2.70. The fraction of sp³-hybridized carbons (Fsp3) is 0.667. The minimum Gasteiger partial charge on any atom is -0.166 e. The Labute approximate surface area is 90.9 Å². The average molecular weight is 222 g/mol. The molecule has 0 fully saturated rings. The van der Waals surface area contributed by atoms with Crippen molar-refractivity contribution in [3.63, 3.8) is 0 Å². The highest BCUT2D eigenvalue weighted by Crippen LogP contribution is 2.32. The van der Waals surface area contributed by atoms with Crippen LogP contribution in [0.4, 0.5) is 13.2 Å². The van der Waals surface area contributed by atoms with Gasteiger partial charge in [0.15, 0.2) is 0 Å². The molecule has 0 atom stereocenters. The van der Waals surface area contributed by atoms with Crippen molar-refractivity contribution in [3.05, 3.63) is 23.3 Å². The fourth-order valence-corrected chi connectivity index (χ4v) is 0.978. The molecular weight excluding hydrogens is 201 g/mol. The highest BCUT2D eigenvalue weighted by atomic mass is 19.4. The van der Waals surface area contributed by atoms with E-state index in [4.69, 9.17) is 0 Å². The molecule has 0 aromatic heterocycles. The molecule has 0 radical (unpaired) electrons. The zero-order valence-corrected chi connectivity index (χ0v) is 10.2. The van der Waals surface area contributed by atoms with Gasteiger partial charge in [-0.25, -0.2) is 0 Å². The first-order valence-corrected chi connectivity index (χ1v) is 5.43. The molecule has 0 amide bonds. The molecule has 1 aliphatic carbocycles. The van der Waals surface area contributed by atoms with Crippen LogP contribution < -0.4 is 0 Å². The van der Waals surface area contributed by atoms with Crippen LogP contribution in [0.5, 0.6) is 0 Å². The Balaban J connectivity index is 0. The normalized spacial score (nSPS) is 14.9. The van der Waals surface area contributed by atoms with E-state index in [1.807, 2.05) is 34.6 Å². The van der Waals surface area contributed by atoms with Crippen molar-refractivity contribution in [2.45, 2.75) is 53.6 Å². The van der Waals surface area contributed by atoms with Crippen LogP contribution in [0.25, 0.3) is 0 Å². The summed E-state index contributed by atoms with van der Waals surface area (Å²) in [5.41, 5.74) is 0.598. The molecule has 90 valence electrons. The van der Waals surface area contributed by atoms with Crippen molar-refractivity contribution >= 4 is 0 Å². The smallest absolute Gasteiger partial charge is 0.166 e. The third-order valence-corrected chi connectivity index (χ3v) is 1.72. The fourth-order valence-electron chi connectivity index (χ4n) is 0.978. The Bertz CT molecular complexity index is 209. The van der Waals surface area contributed by atoms with Crippen LogP contribution in [-0.4, -0.2) is 6.18 Å². The van der Waals surface area contributed by atoms with Crippen molar-refractivity contribution in [3.8, 4) is 0 Å². The lowest BCUT2D eigenvalue weighted by Gasteiger charge is -2.14. The van der Waals surface area contributed by atoms with Crippen LogP contribution >= 0.6 is 0 Å². The summed E-state index contributed by atoms with van der Waals surface area (Å²) in [4.78, 5) is 0. The second kappa shape index (κ2) is 8.57. The maximum Gasteiger partial charge on any atom is 0.412 e. The number of hydrogen-bond acceptors (Lipinski definition) is 0. The summed E-state index contributed by atoms with van der Waals surface area (Å²) in [5.74, 6) is 0. The van der Waals surface area contributed by atoms with Gasteiger partial charge in [0.2, 0.25) is 0 Å². The number of allylic oxidation sites excluding steroid dienone is 4. The van der Waals surface area contributed by atoms with E-state index in [0.717, 1.165) is 5.57 Å². The van der Waals surface area contributed by atoms with E-state index in [1.165, 1.54) is 12.2 Å². The molecule has 1 rings (SSSR count). The molecule has 0 aromatic carbocycles. The van der Waals surface area contributed by atoms with Gasteiger partial charge in [-0.1, -0.05) is 45.4 Å². The third kappa shape index (κ3) is 7.23. The largest absolute Gasteiger partial charge is 0.412 e. The molecular formula is C12H21F3. The molecule has 0 aromatic rings. The number of rotatable bonds is 0. The molecule has 0 saturated heterocycles.